The van der Waals surface area contributed by atoms with Crippen LogP contribution in [-0.4, -0.2) is 66.1 Å². The van der Waals surface area contributed by atoms with Crippen LogP contribution in [0.1, 0.15) is 40.9 Å². The number of piperidine rings is 1. The first kappa shape index (κ1) is 17.6. The van der Waals surface area contributed by atoms with Crippen LogP contribution in [-0.2, 0) is 4.74 Å². The minimum Gasteiger partial charge on any atom is -0.379 e. The number of aromatic nitrogens is 1. The summed E-state index contributed by atoms with van der Waals surface area (Å²) in [4.78, 5) is 21.3. The van der Waals surface area contributed by atoms with Crippen molar-refractivity contribution in [2.45, 2.75) is 39.2 Å². The van der Waals surface area contributed by atoms with Gasteiger partial charge < -0.3 is 14.6 Å². The van der Waals surface area contributed by atoms with Gasteiger partial charge in [0.25, 0.3) is 5.91 Å². The summed E-state index contributed by atoms with van der Waals surface area (Å²) in [7, 11) is 0. The maximum atomic E-state index is 13.4. The molecule has 140 valence electrons. The molecule has 1 aromatic carbocycles. The van der Waals surface area contributed by atoms with Gasteiger partial charge in [0, 0.05) is 43.1 Å². The second-order valence-electron chi connectivity index (χ2n) is 7.74. The van der Waals surface area contributed by atoms with Crippen LogP contribution in [0.3, 0.4) is 0 Å². The summed E-state index contributed by atoms with van der Waals surface area (Å²) in [6.07, 6.45) is 3.41. The molecular formula is C21H29N3O2. The molecule has 1 N–H and O–H groups in total. The Morgan fingerprint density at radius 2 is 2.00 bits per heavy atom. The number of aryl methyl sites for hydroxylation is 2. The number of nitrogens with one attached hydrogen (secondary N) is 1. The van der Waals surface area contributed by atoms with Gasteiger partial charge in [-0.05, 0) is 50.8 Å². The monoisotopic (exact) mass is 355 g/mol. The summed E-state index contributed by atoms with van der Waals surface area (Å²) in [5.74, 6) is 0.161. The van der Waals surface area contributed by atoms with Gasteiger partial charge >= 0.3 is 0 Å². The molecule has 1 unspecified atom stereocenters. The lowest BCUT2D eigenvalue weighted by molar-refractivity contribution is 0.0164. The standard InChI is InChI=1S/C21H29N3O2/c1-15-6-7-19-18(13-15)16(2)20(22-19)21(25)24-8-4-3-5-17(24)14-23-9-11-26-12-10-23/h6-7,13,17,22H,3-5,8-12,14H2,1-2H3. The van der Waals surface area contributed by atoms with Gasteiger partial charge in [-0.25, -0.2) is 0 Å². The number of likely N-dealkylation sites (tertiary alicyclic amines) is 1. The van der Waals surface area contributed by atoms with Crippen molar-refractivity contribution in [2.75, 3.05) is 39.4 Å². The molecule has 2 aliphatic heterocycles. The van der Waals surface area contributed by atoms with E-state index >= 15 is 0 Å². The van der Waals surface area contributed by atoms with E-state index in [1.54, 1.807) is 0 Å². The quantitative estimate of drug-likeness (QED) is 0.920. The van der Waals surface area contributed by atoms with Gasteiger partial charge in [-0.3, -0.25) is 9.69 Å². The number of H-pyrrole nitrogens is 1. The second kappa shape index (κ2) is 7.41. The average molecular weight is 355 g/mol. The highest BCUT2D eigenvalue weighted by Crippen LogP contribution is 2.27. The molecule has 2 fully saturated rings. The molecule has 2 aromatic rings. The lowest BCUT2D eigenvalue weighted by Gasteiger charge is -2.39. The van der Waals surface area contributed by atoms with Gasteiger partial charge in [0.1, 0.15) is 5.69 Å². The number of hydrogen-bond donors (Lipinski definition) is 1. The van der Waals surface area contributed by atoms with Crippen LogP contribution in [0.5, 0.6) is 0 Å². The molecule has 0 bridgehead atoms. The average Bonchev–Trinajstić information content (AvgIpc) is 2.99. The number of ether oxygens (including phenoxy) is 1. The summed E-state index contributed by atoms with van der Waals surface area (Å²) in [5, 5.41) is 1.16. The highest BCUT2D eigenvalue weighted by Gasteiger charge is 2.31. The zero-order valence-electron chi connectivity index (χ0n) is 15.9. The topological polar surface area (TPSA) is 48.6 Å². The summed E-state index contributed by atoms with van der Waals surface area (Å²) in [5.41, 5.74) is 4.11. The molecule has 2 aliphatic rings. The Kier molecular flexibility index (Phi) is 5.00. The van der Waals surface area contributed by atoms with E-state index in [0.717, 1.165) is 74.4 Å². The normalized spacial score (nSPS) is 22.1. The molecule has 26 heavy (non-hydrogen) atoms. The minimum atomic E-state index is 0.161. The van der Waals surface area contributed by atoms with Gasteiger partial charge in [0.15, 0.2) is 0 Å². The number of amides is 1. The summed E-state index contributed by atoms with van der Waals surface area (Å²) in [6, 6.07) is 6.64. The number of rotatable bonds is 3. The molecular weight excluding hydrogens is 326 g/mol. The minimum absolute atomic E-state index is 0.161. The van der Waals surface area contributed by atoms with Crippen LogP contribution in [0.15, 0.2) is 18.2 Å². The van der Waals surface area contributed by atoms with E-state index in [-0.39, 0.29) is 5.91 Å². The van der Waals surface area contributed by atoms with Crippen molar-refractivity contribution in [1.29, 1.82) is 0 Å². The highest BCUT2D eigenvalue weighted by atomic mass is 16.5. The van der Waals surface area contributed by atoms with Crippen LogP contribution >= 0.6 is 0 Å². The molecule has 0 spiro atoms. The fraction of sp³-hybridized carbons (Fsp3) is 0.571. The Balaban J connectivity index is 1.57. The maximum Gasteiger partial charge on any atom is 0.270 e. The second-order valence-corrected chi connectivity index (χ2v) is 7.74. The lowest BCUT2D eigenvalue weighted by Crippen LogP contribution is -2.51. The third-order valence-electron chi connectivity index (χ3n) is 5.89. The van der Waals surface area contributed by atoms with Gasteiger partial charge in [0.05, 0.1) is 13.2 Å². The molecule has 1 amide bonds. The van der Waals surface area contributed by atoms with E-state index in [4.69, 9.17) is 4.74 Å². The first-order valence-electron chi connectivity index (χ1n) is 9.83. The molecule has 1 atom stereocenters. The third kappa shape index (κ3) is 3.38. The van der Waals surface area contributed by atoms with E-state index < -0.39 is 0 Å². The first-order chi connectivity index (χ1) is 12.6. The summed E-state index contributed by atoms with van der Waals surface area (Å²) < 4.78 is 5.46. The number of fused-ring (bicyclic) bond motifs is 1. The number of nitrogens with zero attached hydrogens (tertiary/aromatic N) is 2. The van der Waals surface area contributed by atoms with Crippen molar-refractivity contribution in [1.82, 2.24) is 14.8 Å². The Labute approximate surface area is 155 Å². The molecule has 4 rings (SSSR count). The number of carbonyl (C=O) groups excluding carboxylic acids is 1. The molecule has 1 aromatic heterocycles. The third-order valence-corrected chi connectivity index (χ3v) is 5.89. The summed E-state index contributed by atoms with van der Waals surface area (Å²) in [6.45, 7) is 9.55. The van der Waals surface area contributed by atoms with Crippen molar-refractivity contribution in [3.8, 4) is 0 Å². The number of aromatic amines is 1. The predicted molar refractivity (Wildman–Crippen MR) is 104 cm³/mol. The molecule has 5 nitrogen and oxygen atoms in total. The van der Waals surface area contributed by atoms with Crippen molar-refractivity contribution in [3.63, 3.8) is 0 Å². The fourth-order valence-corrected chi connectivity index (χ4v) is 4.34. The van der Waals surface area contributed by atoms with Gasteiger partial charge in [-0.15, -0.1) is 0 Å². The number of hydrogen-bond acceptors (Lipinski definition) is 3. The van der Waals surface area contributed by atoms with E-state index in [1.165, 1.54) is 12.0 Å². The Bertz CT molecular complexity index is 792. The summed E-state index contributed by atoms with van der Waals surface area (Å²) >= 11 is 0. The molecule has 0 radical (unpaired) electrons. The van der Waals surface area contributed by atoms with Gasteiger partial charge in [0.2, 0.25) is 0 Å². The van der Waals surface area contributed by atoms with Crippen molar-refractivity contribution in [2.24, 2.45) is 0 Å². The van der Waals surface area contributed by atoms with Crippen LogP contribution in [0.2, 0.25) is 0 Å². The number of benzene rings is 1. The van der Waals surface area contributed by atoms with Gasteiger partial charge in [-0.2, -0.15) is 0 Å². The molecule has 5 heteroatoms. The van der Waals surface area contributed by atoms with Crippen molar-refractivity contribution >= 4 is 16.8 Å². The smallest absolute Gasteiger partial charge is 0.270 e. The van der Waals surface area contributed by atoms with E-state index in [2.05, 4.69) is 46.8 Å². The van der Waals surface area contributed by atoms with E-state index in [1.807, 2.05) is 0 Å². The molecule has 2 saturated heterocycles. The lowest BCUT2D eigenvalue weighted by atomic mass is 10.00. The first-order valence-corrected chi connectivity index (χ1v) is 9.83. The molecule has 0 saturated carbocycles. The fourth-order valence-electron chi connectivity index (χ4n) is 4.34. The van der Waals surface area contributed by atoms with Gasteiger partial charge in [-0.1, -0.05) is 11.6 Å². The van der Waals surface area contributed by atoms with E-state index in [9.17, 15) is 4.79 Å². The molecule has 0 aliphatic carbocycles. The highest BCUT2D eigenvalue weighted by molar-refractivity contribution is 6.01. The maximum absolute atomic E-state index is 13.4. The van der Waals surface area contributed by atoms with Crippen molar-refractivity contribution < 1.29 is 9.53 Å². The number of carbonyl (C=O) groups is 1. The van der Waals surface area contributed by atoms with Crippen LogP contribution in [0.4, 0.5) is 0 Å². The van der Waals surface area contributed by atoms with Crippen LogP contribution in [0, 0.1) is 13.8 Å². The Hall–Kier alpha value is -1.85. The largest absolute Gasteiger partial charge is 0.379 e. The SMILES string of the molecule is Cc1ccc2[nH]c(C(=O)N3CCCCC3CN3CCOCC3)c(C)c2c1. The Morgan fingerprint density at radius 1 is 1.19 bits per heavy atom. The van der Waals surface area contributed by atoms with Crippen molar-refractivity contribution in [3.05, 3.63) is 35.0 Å². The van der Waals surface area contributed by atoms with Crippen LogP contribution < -0.4 is 0 Å². The Morgan fingerprint density at radius 3 is 2.81 bits per heavy atom. The predicted octanol–water partition coefficient (Wildman–Crippen LogP) is 3.11. The van der Waals surface area contributed by atoms with Crippen LogP contribution in [0.25, 0.3) is 10.9 Å². The zero-order valence-corrected chi connectivity index (χ0v) is 15.9. The zero-order chi connectivity index (χ0) is 18.1. The molecule has 3 heterocycles. The number of morpholine rings is 1. The van der Waals surface area contributed by atoms with E-state index in [0.29, 0.717) is 6.04 Å².